The Morgan fingerprint density at radius 3 is 2.77 bits per heavy atom. The Bertz CT molecular complexity index is 269. The summed E-state index contributed by atoms with van der Waals surface area (Å²) in [4.78, 5) is 10.7. The normalized spacial score (nSPS) is 15.2. The summed E-state index contributed by atoms with van der Waals surface area (Å²) < 4.78 is 5.16. The number of furan rings is 1. The number of hydrogen-bond donors (Lipinski definition) is 2. The molecule has 0 radical (unpaired) electrons. The molecule has 0 aromatic carbocycles. The number of carbonyl (C=O) groups excluding carboxylic acids is 1. The molecule has 4 nitrogen and oxygen atoms in total. The molecule has 0 saturated carbocycles. The molecule has 72 valence electrons. The molecule has 4 heteroatoms. The van der Waals surface area contributed by atoms with Gasteiger partial charge in [-0.05, 0) is 26.0 Å². The first-order valence-corrected chi connectivity index (χ1v) is 4.20. The highest BCUT2D eigenvalue weighted by atomic mass is 16.3. The number of primary amides is 1. The average molecular weight is 182 g/mol. The quantitative estimate of drug-likeness (QED) is 0.723. The number of rotatable bonds is 4. The van der Waals surface area contributed by atoms with Crippen molar-refractivity contribution in [1.29, 1.82) is 0 Å². The van der Waals surface area contributed by atoms with Crippen LogP contribution < -0.4 is 11.1 Å². The Balaban J connectivity index is 2.51. The van der Waals surface area contributed by atoms with Crippen molar-refractivity contribution in [1.82, 2.24) is 5.32 Å². The third kappa shape index (κ3) is 2.59. The fourth-order valence-corrected chi connectivity index (χ4v) is 1.08. The maximum absolute atomic E-state index is 10.7. The molecule has 0 aliphatic carbocycles. The van der Waals surface area contributed by atoms with Crippen molar-refractivity contribution in [3.05, 3.63) is 24.2 Å². The van der Waals surface area contributed by atoms with Gasteiger partial charge in [-0.1, -0.05) is 0 Å². The lowest BCUT2D eigenvalue weighted by Crippen LogP contribution is -2.39. The molecule has 2 atom stereocenters. The van der Waals surface area contributed by atoms with Crippen molar-refractivity contribution >= 4 is 5.91 Å². The molecule has 1 amide bonds. The van der Waals surface area contributed by atoms with Gasteiger partial charge in [0.2, 0.25) is 5.91 Å². The van der Waals surface area contributed by atoms with Gasteiger partial charge in [0.05, 0.1) is 18.3 Å². The zero-order valence-corrected chi connectivity index (χ0v) is 7.78. The van der Waals surface area contributed by atoms with E-state index in [9.17, 15) is 4.79 Å². The third-order valence-electron chi connectivity index (χ3n) is 1.90. The molecule has 0 aliphatic heterocycles. The molecule has 1 aromatic heterocycles. The predicted octanol–water partition coefficient (Wildman–Crippen LogP) is 0.804. The van der Waals surface area contributed by atoms with Crippen LogP contribution in [0.15, 0.2) is 22.8 Å². The summed E-state index contributed by atoms with van der Waals surface area (Å²) in [7, 11) is 0. The molecule has 0 aliphatic rings. The van der Waals surface area contributed by atoms with Crippen LogP contribution >= 0.6 is 0 Å². The number of amides is 1. The largest absolute Gasteiger partial charge is 0.468 e. The molecule has 3 N–H and O–H groups in total. The van der Waals surface area contributed by atoms with Crippen molar-refractivity contribution in [2.75, 3.05) is 0 Å². The van der Waals surface area contributed by atoms with Gasteiger partial charge in [0.15, 0.2) is 0 Å². The first kappa shape index (κ1) is 9.80. The van der Waals surface area contributed by atoms with Crippen LogP contribution in [0.3, 0.4) is 0 Å². The second-order valence-electron chi connectivity index (χ2n) is 3.03. The van der Waals surface area contributed by atoms with E-state index in [1.54, 1.807) is 13.2 Å². The molecule has 0 bridgehead atoms. The van der Waals surface area contributed by atoms with E-state index in [1.807, 2.05) is 19.1 Å². The highest BCUT2D eigenvalue weighted by Crippen LogP contribution is 2.12. The molecular weight excluding hydrogens is 168 g/mol. The van der Waals surface area contributed by atoms with Gasteiger partial charge in [-0.15, -0.1) is 0 Å². The standard InChI is InChI=1S/C9H14N2O2/c1-6(8-4-3-5-13-8)11-7(2)9(10)12/h3-7,11H,1-2H3,(H2,10,12)/t6-,7?/m0/s1. The molecule has 1 rings (SSSR count). The summed E-state index contributed by atoms with van der Waals surface area (Å²) >= 11 is 0. The summed E-state index contributed by atoms with van der Waals surface area (Å²) in [5.41, 5.74) is 5.11. The lowest BCUT2D eigenvalue weighted by Gasteiger charge is -2.15. The minimum atomic E-state index is -0.363. The minimum Gasteiger partial charge on any atom is -0.468 e. The van der Waals surface area contributed by atoms with Crippen LogP contribution in [0.2, 0.25) is 0 Å². The van der Waals surface area contributed by atoms with Crippen molar-refractivity contribution in [2.24, 2.45) is 5.73 Å². The Hall–Kier alpha value is -1.29. The van der Waals surface area contributed by atoms with Gasteiger partial charge < -0.3 is 10.2 Å². The first-order chi connectivity index (χ1) is 6.11. The van der Waals surface area contributed by atoms with E-state index < -0.39 is 0 Å². The Morgan fingerprint density at radius 2 is 2.31 bits per heavy atom. The van der Waals surface area contributed by atoms with E-state index in [2.05, 4.69) is 5.32 Å². The molecule has 0 fully saturated rings. The number of nitrogens with one attached hydrogen (secondary N) is 1. The van der Waals surface area contributed by atoms with Crippen molar-refractivity contribution < 1.29 is 9.21 Å². The van der Waals surface area contributed by atoms with E-state index in [0.29, 0.717) is 0 Å². The number of hydrogen-bond acceptors (Lipinski definition) is 3. The topological polar surface area (TPSA) is 68.3 Å². The number of nitrogens with two attached hydrogens (primary N) is 1. The van der Waals surface area contributed by atoms with Gasteiger partial charge in [-0.2, -0.15) is 0 Å². The van der Waals surface area contributed by atoms with E-state index in [-0.39, 0.29) is 18.0 Å². The van der Waals surface area contributed by atoms with Crippen molar-refractivity contribution in [2.45, 2.75) is 25.9 Å². The zero-order valence-electron chi connectivity index (χ0n) is 7.78. The van der Waals surface area contributed by atoms with Gasteiger partial charge >= 0.3 is 0 Å². The molecular formula is C9H14N2O2. The Kier molecular flexibility index (Phi) is 3.08. The number of carbonyl (C=O) groups is 1. The summed E-state index contributed by atoms with van der Waals surface area (Å²) in [5, 5.41) is 3.01. The SMILES string of the molecule is CC(N[C@@H](C)c1ccco1)C(N)=O. The summed E-state index contributed by atoms with van der Waals surface area (Å²) in [6.07, 6.45) is 1.60. The summed E-state index contributed by atoms with van der Waals surface area (Å²) in [6.45, 7) is 3.64. The fraction of sp³-hybridized carbons (Fsp3) is 0.444. The Labute approximate surface area is 77.1 Å². The smallest absolute Gasteiger partial charge is 0.234 e. The van der Waals surface area contributed by atoms with Crippen LogP contribution in [-0.2, 0) is 4.79 Å². The highest BCUT2D eigenvalue weighted by Gasteiger charge is 2.14. The lowest BCUT2D eigenvalue weighted by molar-refractivity contribution is -0.119. The van der Waals surface area contributed by atoms with Crippen molar-refractivity contribution in [3.8, 4) is 0 Å². The van der Waals surface area contributed by atoms with E-state index in [0.717, 1.165) is 5.76 Å². The van der Waals surface area contributed by atoms with Crippen LogP contribution in [0.4, 0.5) is 0 Å². The van der Waals surface area contributed by atoms with Gasteiger partial charge in [0.25, 0.3) is 0 Å². The van der Waals surface area contributed by atoms with Crippen LogP contribution in [-0.4, -0.2) is 11.9 Å². The average Bonchev–Trinajstić information content (AvgIpc) is 2.55. The van der Waals surface area contributed by atoms with E-state index in [4.69, 9.17) is 10.2 Å². The van der Waals surface area contributed by atoms with Crippen molar-refractivity contribution in [3.63, 3.8) is 0 Å². The van der Waals surface area contributed by atoms with Crippen LogP contribution in [0, 0.1) is 0 Å². The Morgan fingerprint density at radius 1 is 1.62 bits per heavy atom. The second-order valence-corrected chi connectivity index (χ2v) is 3.03. The minimum absolute atomic E-state index is 0.00231. The van der Waals surface area contributed by atoms with Crippen LogP contribution in [0.1, 0.15) is 25.6 Å². The highest BCUT2D eigenvalue weighted by molar-refractivity contribution is 5.79. The molecule has 1 heterocycles. The summed E-state index contributed by atoms with van der Waals surface area (Å²) in [6, 6.07) is 3.31. The molecule has 13 heavy (non-hydrogen) atoms. The molecule has 1 unspecified atom stereocenters. The van der Waals surface area contributed by atoms with E-state index in [1.165, 1.54) is 0 Å². The lowest BCUT2D eigenvalue weighted by atomic mass is 10.2. The molecule has 0 saturated heterocycles. The van der Waals surface area contributed by atoms with Gasteiger partial charge in [0, 0.05) is 0 Å². The van der Waals surface area contributed by atoms with Gasteiger partial charge in [-0.3, -0.25) is 10.1 Å². The summed E-state index contributed by atoms with van der Waals surface area (Å²) in [5.74, 6) is 0.437. The first-order valence-electron chi connectivity index (χ1n) is 4.20. The van der Waals surface area contributed by atoms with Gasteiger partial charge in [0.1, 0.15) is 5.76 Å². The molecule has 0 spiro atoms. The van der Waals surface area contributed by atoms with Gasteiger partial charge in [-0.25, -0.2) is 0 Å². The van der Waals surface area contributed by atoms with Crippen LogP contribution in [0.25, 0.3) is 0 Å². The fourth-order valence-electron chi connectivity index (χ4n) is 1.08. The van der Waals surface area contributed by atoms with E-state index >= 15 is 0 Å². The monoisotopic (exact) mass is 182 g/mol. The zero-order chi connectivity index (χ0) is 9.84. The predicted molar refractivity (Wildman–Crippen MR) is 48.9 cm³/mol. The maximum atomic E-state index is 10.7. The van der Waals surface area contributed by atoms with Crippen LogP contribution in [0.5, 0.6) is 0 Å². The molecule has 1 aromatic rings. The third-order valence-corrected chi connectivity index (χ3v) is 1.90. The maximum Gasteiger partial charge on any atom is 0.234 e. The second kappa shape index (κ2) is 4.09.